The van der Waals surface area contributed by atoms with Crippen molar-refractivity contribution in [3.8, 4) is 0 Å². The summed E-state index contributed by atoms with van der Waals surface area (Å²) in [7, 11) is -3.52. The van der Waals surface area contributed by atoms with Gasteiger partial charge in [0.2, 0.25) is 10.0 Å². The highest BCUT2D eigenvalue weighted by atomic mass is 32.2. The van der Waals surface area contributed by atoms with E-state index in [4.69, 9.17) is 5.14 Å². The van der Waals surface area contributed by atoms with Gasteiger partial charge in [0, 0.05) is 0 Å². The molecule has 3 nitrogen and oxygen atoms in total. The molecule has 0 saturated heterocycles. The van der Waals surface area contributed by atoms with Gasteiger partial charge in [-0.2, -0.15) is 0 Å². The summed E-state index contributed by atoms with van der Waals surface area (Å²) in [6.45, 7) is 5.75. The highest BCUT2D eigenvalue weighted by Gasteiger charge is 2.14. The molecule has 1 unspecified atom stereocenters. The van der Waals surface area contributed by atoms with Crippen LogP contribution in [0.25, 0.3) is 0 Å². The zero-order valence-corrected chi connectivity index (χ0v) is 7.40. The van der Waals surface area contributed by atoms with E-state index in [1.54, 1.807) is 0 Å². The van der Waals surface area contributed by atoms with E-state index < -0.39 is 10.0 Å². The summed E-state index contributed by atoms with van der Waals surface area (Å²) in [5, 5.41) is 6.63. The topological polar surface area (TPSA) is 57.9 Å². The van der Waals surface area contributed by atoms with Gasteiger partial charge in [-0.1, -0.05) is 20.8 Å². The minimum absolute atomic E-state index is 0.0231. The summed E-state index contributed by atoms with van der Waals surface area (Å²) in [6, 6.07) is 0. The Labute approximate surface area is 62.7 Å². The Hall–Kier alpha value is -0.0900. The van der Waals surface area contributed by atoms with Crippen LogP contribution in [0.1, 0.15) is 20.8 Å². The second kappa shape index (κ2) is 3.34. The van der Waals surface area contributed by atoms with Crippen LogP contribution in [0.3, 0.4) is 0 Å². The first-order valence-electron chi connectivity index (χ1n) is 3.30. The molecule has 0 aliphatic rings. The van der Waals surface area contributed by atoms with Gasteiger partial charge in [-0.15, -0.1) is 5.14 Å². The van der Waals surface area contributed by atoms with E-state index in [0.29, 0.717) is 5.92 Å². The average Bonchev–Trinajstić information content (AvgIpc) is 1.60. The molecule has 1 radical (unpaired) electrons. The third-order valence-electron chi connectivity index (χ3n) is 1.62. The van der Waals surface area contributed by atoms with Crippen molar-refractivity contribution in [2.75, 3.05) is 5.75 Å². The van der Waals surface area contributed by atoms with Crippen molar-refractivity contribution in [3.05, 3.63) is 0 Å². The lowest BCUT2D eigenvalue weighted by molar-refractivity contribution is 0.452. The summed E-state index contributed by atoms with van der Waals surface area (Å²) in [6.07, 6.45) is 0. The van der Waals surface area contributed by atoms with E-state index in [0.717, 1.165) is 0 Å². The maximum atomic E-state index is 10.4. The van der Waals surface area contributed by atoms with Crippen LogP contribution in [-0.2, 0) is 10.0 Å². The van der Waals surface area contributed by atoms with Crippen LogP contribution in [0, 0.1) is 11.8 Å². The molecule has 0 aromatic heterocycles. The summed E-state index contributed by atoms with van der Waals surface area (Å²) in [5.74, 6) is 0.396. The molecule has 0 amide bonds. The van der Waals surface area contributed by atoms with E-state index in [-0.39, 0.29) is 11.7 Å². The van der Waals surface area contributed by atoms with Crippen LogP contribution < -0.4 is 5.14 Å². The number of hydrogen-bond acceptors (Lipinski definition) is 2. The quantitative estimate of drug-likeness (QED) is 0.622. The van der Waals surface area contributed by atoms with Crippen LogP contribution >= 0.6 is 0 Å². The zero-order valence-electron chi connectivity index (χ0n) is 6.59. The first kappa shape index (κ1) is 9.91. The second-order valence-electron chi connectivity index (χ2n) is 3.00. The third-order valence-corrected chi connectivity index (χ3v) is 2.58. The maximum Gasteiger partial charge on any atom is 0.225 e. The van der Waals surface area contributed by atoms with E-state index in [2.05, 4.69) is 0 Å². The molecule has 1 atom stereocenters. The van der Waals surface area contributed by atoms with Crippen molar-refractivity contribution in [1.29, 1.82) is 0 Å². The molecule has 0 heterocycles. The Bertz CT molecular complexity index is 184. The Kier molecular flexibility index (Phi) is 3.31. The molecular formula is C6H14NO2S. The van der Waals surface area contributed by atoms with E-state index in [9.17, 15) is 8.42 Å². The minimum atomic E-state index is -3.52. The summed E-state index contributed by atoms with van der Waals surface area (Å²) >= 11 is 0. The lowest BCUT2D eigenvalue weighted by atomic mass is 10.0. The molecule has 0 spiro atoms. The largest absolute Gasteiger partial charge is 0.225 e. The van der Waals surface area contributed by atoms with Gasteiger partial charge >= 0.3 is 0 Å². The van der Waals surface area contributed by atoms with Crippen LogP contribution in [0.2, 0.25) is 0 Å². The van der Waals surface area contributed by atoms with Crippen LogP contribution in [0.15, 0.2) is 0 Å². The van der Waals surface area contributed by atoms with Gasteiger partial charge in [-0.05, 0) is 11.8 Å². The van der Waals surface area contributed by atoms with Gasteiger partial charge in [0.25, 0.3) is 0 Å². The van der Waals surface area contributed by atoms with Crippen molar-refractivity contribution in [2.24, 2.45) is 11.8 Å². The fourth-order valence-corrected chi connectivity index (χ4v) is 1.62. The zero-order chi connectivity index (χ0) is 8.36. The highest BCUT2D eigenvalue weighted by Crippen LogP contribution is 2.10. The summed E-state index contributed by atoms with van der Waals surface area (Å²) in [5.41, 5.74) is 0. The standard InChI is InChI=1S/C6H14NO2S/c1-5(2)6(3)4-10(7,8)9/h5-7H,4H2,1-3H3. The monoisotopic (exact) mass is 164 g/mol. The Morgan fingerprint density at radius 3 is 1.80 bits per heavy atom. The van der Waals surface area contributed by atoms with Gasteiger partial charge in [-0.3, -0.25) is 0 Å². The van der Waals surface area contributed by atoms with Gasteiger partial charge in [0.1, 0.15) is 0 Å². The average molecular weight is 164 g/mol. The Morgan fingerprint density at radius 1 is 1.30 bits per heavy atom. The van der Waals surface area contributed by atoms with E-state index >= 15 is 0 Å². The predicted octanol–water partition coefficient (Wildman–Crippen LogP) is 0.891. The molecule has 61 valence electrons. The minimum Gasteiger partial charge on any atom is -0.211 e. The number of nitrogens with one attached hydrogen (secondary N) is 1. The van der Waals surface area contributed by atoms with Crippen molar-refractivity contribution in [3.63, 3.8) is 0 Å². The lowest BCUT2D eigenvalue weighted by Gasteiger charge is -2.12. The lowest BCUT2D eigenvalue weighted by Crippen LogP contribution is -2.18. The molecule has 0 aliphatic heterocycles. The summed E-state index contributed by atoms with van der Waals surface area (Å²) < 4.78 is 20.8. The summed E-state index contributed by atoms with van der Waals surface area (Å²) in [4.78, 5) is 0. The van der Waals surface area contributed by atoms with Gasteiger partial charge < -0.3 is 0 Å². The molecular weight excluding hydrogens is 150 g/mol. The van der Waals surface area contributed by atoms with Crippen LogP contribution in [0.4, 0.5) is 0 Å². The number of rotatable bonds is 3. The predicted molar refractivity (Wildman–Crippen MR) is 40.9 cm³/mol. The fourth-order valence-electron chi connectivity index (χ4n) is 0.539. The highest BCUT2D eigenvalue weighted by molar-refractivity contribution is 7.88. The molecule has 1 N–H and O–H groups in total. The maximum absolute atomic E-state index is 10.4. The molecule has 0 bridgehead atoms. The molecule has 0 saturated carbocycles. The smallest absolute Gasteiger partial charge is 0.211 e. The molecule has 0 fully saturated rings. The van der Waals surface area contributed by atoms with Crippen molar-refractivity contribution < 1.29 is 8.42 Å². The molecule has 0 aromatic rings. The first-order valence-corrected chi connectivity index (χ1v) is 4.95. The molecule has 0 rings (SSSR count). The van der Waals surface area contributed by atoms with Crippen molar-refractivity contribution in [1.82, 2.24) is 5.14 Å². The third kappa shape index (κ3) is 4.76. The van der Waals surface area contributed by atoms with Crippen molar-refractivity contribution >= 4 is 10.0 Å². The molecule has 0 aromatic carbocycles. The van der Waals surface area contributed by atoms with Crippen molar-refractivity contribution in [2.45, 2.75) is 20.8 Å². The molecule has 0 aliphatic carbocycles. The van der Waals surface area contributed by atoms with E-state index in [1.807, 2.05) is 20.8 Å². The van der Waals surface area contributed by atoms with Crippen LogP contribution in [-0.4, -0.2) is 14.2 Å². The normalized spacial score (nSPS) is 15.7. The Balaban J connectivity index is 3.93. The SMILES string of the molecule is CC(C)C(C)CS([NH])(=O)=O. The fraction of sp³-hybridized carbons (Fsp3) is 1.00. The molecule has 10 heavy (non-hydrogen) atoms. The van der Waals surface area contributed by atoms with Gasteiger partial charge in [0.05, 0.1) is 5.75 Å². The second-order valence-corrected chi connectivity index (χ2v) is 4.57. The van der Waals surface area contributed by atoms with Crippen LogP contribution in [0.5, 0.6) is 0 Å². The Morgan fingerprint density at radius 2 is 1.70 bits per heavy atom. The van der Waals surface area contributed by atoms with Gasteiger partial charge in [-0.25, -0.2) is 8.42 Å². The van der Waals surface area contributed by atoms with E-state index in [1.165, 1.54) is 0 Å². The molecule has 4 heteroatoms. The number of sulfonamides is 1. The first-order chi connectivity index (χ1) is 4.33. The number of hydrogen-bond donors (Lipinski definition) is 0. The van der Waals surface area contributed by atoms with Gasteiger partial charge in [0.15, 0.2) is 0 Å².